The summed E-state index contributed by atoms with van der Waals surface area (Å²) in [5.74, 6) is 0.862. The van der Waals surface area contributed by atoms with Crippen molar-refractivity contribution in [2.45, 2.75) is 33.7 Å². The fraction of sp³-hybridized carbons (Fsp3) is 0.316. The van der Waals surface area contributed by atoms with Gasteiger partial charge >= 0.3 is 0 Å². The molecular weight excluding hydrogens is 304 g/mol. The van der Waals surface area contributed by atoms with Crippen molar-refractivity contribution in [3.63, 3.8) is 0 Å². The summed E-state index contributed by atoms with van der Waals surface area (Å²) >= 11 is 5.42. The molecule has 2 aromatic carbocycles. The first-order valence-corrected chi connectivity index (χ1v) is 8.28. The number of benzene rings is 2. The average molecular weight is 328 g/mol. The number of aryl methyl sites for hydroxylation is 2. The molecule has 0 aliphatic carbocycles. The van der Waals surface area contributed by atoms with Crippen LogP contribution in [0.3, 0.4) is 0 Å². The number of hydrogen-bond donors (Lipinski definition) is 2. The maximum absolute atomic E-state index is 5.44. The van der Waals surface area contributed by atoms with Crippen LogP contribution in [0.15, 0.2) is 42.5 Å². The van der Waals surface area contributed by atoms with Gasteiger partial charge in [0.2, 0.25) is 0 Å². The molecule has 1 atom stereocenters. The van der Waals surface area contributed by atoms with E-state index in [0.717, 1.165) is 11.4 Å². The first-order chi connectivity index (χ1) is 11.0. The summed E-state index contributed by atoms with van der Waals surface area (Å²) in [7, 11) is 0. The minimum absolute atomic E-state index is 0.151. The van der Waals surface area contributed by atoms with Crippen molar-refractivity contribution >= 4 is 23.0 Å². The lowest BCUT2D eigenvalue weighted by Crippen LogP contribution is -2.31. The molecule has 0 saturated carbocycles. The summed E-state index contributed by atoms with van der Waals surface area (Å²) in [4.78, 5) is 0. The third-order valence-electron chi connectivity index (χ3n) is 3.67. The van der Waals surface area contributed by atoms with Crippen LogP contribution in [0.2, 0.25) is 0 Å². The first kappa shape index (κ1) is 17.3. The van der Waals surface area contributed by atoms with Crippen molar-refractivity contribution in [2.75, 3.05) is 11.9 Å². The largest absolute Gasteiger partial charge is 0.494 e. The van der Waals surface area contributed by atoms with Crippen molar-refractivity contribution < 1.29 is 4.74 Å². The summed E-state index contributed by atoms with van der Waals surface area (Å²) in [5, 5.41) is 7.17. The Morgan fingerprint density at radius 3 is 2.48 bits per heavy atom. The molecule has 3 nitrogen and oxygen atoms in total. The van der Waals surface area contributed by atoms with Gasteiger partial charge < -0.3 is 15.4 Å². The van der Waals surface area contributed by atoms with Gasteiger partial charge in [0.1, 0.15) is 5.75 Å². The number of thiocarbonyl (C=S) groups is 1. The van der Waals surface area contributed by atoms with Gasteiger partial charge in [-0.3, -0.25) is 0 Å². The average Bonchev–Trinajstić information content (AvgIpc) is 2.51. The molecule has 0 aliphatic rings. The number of anilines is 1. The Bertz CT molecular complexity index is 668. The molecule has 0 radical (unpaired) electrons. The molecule has 0 unspecified atom stereocenters. The smallest absolute Gasteiger partial charge is 0.171 e. The van der Waals surface area contributed by atoms with Crippen molar-refractivity contribution in [3.8, 4) is 5.75 Å². The second-order valence-corrected chi connectivity index (χ2v) is 6.05. The first-order valence-electron chi connectivity index (χ1n) is 7.87. The van der Waals surface area contributed by atoms with Gasteiger partial charge in [0.25, 0.3) is 0 Å². The van der Waals surface area contributed by atoms with Gasteiger partial charge in [-0.2, -0.15) is 0 Å². The van der Waals surface area contributed by atoms with Crippen LogP contribution in [0.5, 0.6) is 5.75 Å². The summed E-state index contributed by atoms with van der Waals surface area (Å²) in [6.45, 7) is 8.98. The van der Waals surface area contributed by atoms with E-state index in [1.54, 1.807) is 0 Å². The lowest BCUT2D eigenvalue weighted by Gasteiger charge is -2.19. The Morgan fingerprint density at radius 1 is 1.13 bits per heavy atom. The highest BCUT2D eigenvalue weighted by Crippen LogP contribution is 2.20. The molecule has 0 amide bonds. The van der Waals surface area contributed by atoms with Crippen LogP contribution in [-0.2, 0) is 0 Å². The maximum Gasteiger partial charge on any atom is 0.171 e. The van der Waals surface area contributed by atoms with Crippen LogP contribution >= 0.6 is 12.2 Å². The zero-order valence-corrected chi connectivity index (χ0v) is 15.0. The van der Waals surface area contributed by atoms with E-state index in [4.69, 9.17) is 17.0 Å². The Morgan fingerprint density at radius 2 is 1.83 bits per heavy atom. The van der Waals surface area contributed by atoms with Gasteiger partial charge in [-0.1, -0.05) is 23.8 Å². The fourth-order valence-electron chi connectivity index (χ4n) is 2.47. The third kappa shape index (κ3) is 4.96. The van der Waals surface area contributed by atoms with Crippen LogP contribution in [0.1, 0.15) is 36.6 Å². The van der Waals surface area contributed by atoms with Crippen LogP contribution in [0.25, 0.3) is 0 Å². The van der Waals surface area contributed by atoms with Gasteiger partial charge in [0.05, 0.1) is 12.6 Å². The summed E-state index contributed by atoms with van der Waals surface area (Å²) < 4.78 is 5.44. The topological polar surface area (TPSA) is 33.3 Å². The van der Waals surface area contributed by atoms with E-state index in [1.807, 2.05) is 31.2 Å². The quantitative estimate of drug-likeness (QED) is 0.776. The Balaban J connectivity index is 1.97. The SMILES string of the molecule is CCOc1ccc(NC(=S)N[C@H](C)c2cc(C)ccc2C)cc1. The highest BCUT2D eigenvalue weighted by atomic mass is 32.1. The second kappa shape index (κ2) is 7.97. The number of nitrogens with one attached hydrogen (secondary N) is 2. The minimum atomic E-state index is 0.151. The standard InChI is InChI=1S/C19H24N2OS/c1-5-22-17-10-8-16(9-11-17)21-19(23)20-15(4)18-12-13(2)6-7-14(18)3/h6-12,15H,5H2,1-4H3,(H2,20,21,23)/t15-/m1/s1. The molecule has 4 heteroatoms. The van der Waals surface area contributed by atoms with E-state index in [1.165, 1.54) is 16.7 Å². The van der Waals surface area contributed by atoms with Crippen molar-refractivity contribution in [1.29, 1.82) is 0 Å². The number of hydrogen-bond acceptors (Lipinski definition) is 2. The van der Waals surface area contributed by atoms with Crippen LogP contribution in [0, 0.1) is 13.8 Å². The Labute approximate surface area is 144 Å². The zero-order valence-electron chi connectivity index (χ0n) is 14.1. The highest BCUT2D eigenvalue weighted by molar-refractivity contribution is 7.80. The second-order valence-electron chi connectivity index (χ2n) is 5.64. The Kier molecular flexibility index (Phi) is 5.99. The lowest BCUT2D eigenvalue weighted by molar-refractivity contribution is 0.340. The highest BCUT2D eigenvalue weighted by Gasteiger charge is 2.10. The molecule has 0 aromatic heterocycles. The lowest BCUT2D eigenvalue weighted by atomic mass is 10.0. The molecule has 0 fully saturated rings. The molecule has 23 heavy (non-hydrogen) atoms. The van der Waals surface area contributed by atoms with Crippen molar-refractivity contribution in [3.05, 3.63) is 59.2 Å². The van der Waals surface area contributed by atoms with E-state index in [-0.39, 0.29) is 6.04 Å². The number of ether oxygens (including phenoxy) is 1. The van der Waals surface area contributed by atoms with Gasteiger partial charge in [0.15, 0.2) is 5.11 Å². The normalized spacial score (nSPS) is 11.7. The van der Waals surface area contributed by atoms with E-state index < -0.39 is 0 Å². The predicted octanol–water partition coefficient (Wildman–Crippen LogP) is 4.75. The van der Waals surface area contributed by atoms with Crippen molar-refractivity contribution in [1.82, 2.24) is 5.32 Å². The fourth-order valence-corrected chi connectivity index (χ4v) is 2.76. The molecule has 0 aliphatic heterocycles. The van der Waals surface area contributed by atoms with Gasteiger partial charge in [-0.25, -0.2) is 0 Å². The van der Waals surface area contributed by atoms with Crippen LogP contribution in [-0.4, -0.2) is 11.7 Å². The predicted molar refractivity (Wildman–Crippen MR) is 101 cm³/mol. The molecule has 0 bridgehead atoms. The van der Waals surface area contributed by atoms with E-state index in [0.29, 0.717) is 11.7 Å². The minimum Gasteiger partial charge on any atom is -0.494 e. The summed E-state index contributed by atoms with van der Waals surface area (Å²) in [6.07, 6.45) is 0. The molecule has 2 rings (SSSR count). The summed E-state index contributed by atoms with van der Waals surface area (Å²) in [5.41, 5.74) is 4.73. The number of rotatable bonds is 5. The summed E-state index contributed by atoms with van der Waals surface area (Å²) in [6, 6.07) is 14.4. The monoisotopic (exact) mass is 328 g/mol. The zero-order chi connectivity index (χ0) is 16.8. The van der Waals surface area contributed by atoms with E-state index in [9.17, 15) is 0 Å². The molecular formula is C19H24N2OS. The van der Waals surface area contributed by atoms with E-state index in [2.05, 4.69) is 49.6 Å². The third-order valence-corrected chi connectivity index (χ3v) is 3.89. The van der Waals surface area contributed by atoms with Gasteiger partial charge in [-0.15, -0.1) is 0 Å². The Hall–Kier alpha value is -2.07. The van der Waals surface area contributed by atoms with Crippen LogP contribution in [0.4, 0.5) is 5.69 Å². The molecule has 0 saturated heterocycles. The molecule has 2 N–H and O–H groups in total. The molecule has 0 heterocycles. The molecule has 2 aromatic rings. The molecule has 0 spiro atoms. The van der Waals surface area contributed by atoms with Gasteiger partial charge in [0, 0.05) is 5.69 Å². The maximum atomic E-state index is 5.44. The van der Waals surface area contributed by atoms with Crippen molar-refractivity contribution in [2.24, 2.45) is 0 Å². The van der Waals surface area contributed by atoms with E-state index >= 15 is 0 Å². The van der Waals surface area contributed by atoms with Gasteiger partial charge in [-0.05, 0) is 75.3 Å². The van der Waals surface area contributed by atoms with Crippen LogP contribution < -0.4 is 15.4 Å². The molecule has 122 valence electrons.